The van der Waals surface area contributed by atoms with Gasteiger partial charge in [-0.25, -0.2) is 13.2 Å². The van der Waals surface area contributed by atoms with Crippen LogP contribution in [0.4, 0.5) is 0 Å². The minimum Gasteiger partial charge on any atom is -0.453 e. The highest BCUT2D eigenvalue weighted by Gasteiger charge is 2.26. The van der Waals surface area contributed by atoms with Crippen LogP contribution in [0.1, 0.15) is 45.8 Å². The van der Waals surface area contributed by atoms with Gasteiger partial charge in [-0.05, 0) is 31.5 Å². The van der Waals surface area contributed by atoms with Crippen molar-refractivity contribution in [1.82, 2.24) is 8.87 Å². The summed E-state index contributed by atoms with van der Waals surface area (Å²) in [5.74, 6) is -1.05. The molecule has 0 bridgehead atoms. The lowest BCUT2D eigenvalue weighted by Crippen LogP contribution is -2.30. The summed E-state index contributed by atoms with van der Waals surface area (Å²) in [5, 5.41) is 0. The molecular weight excluding hydrogens is 380 g/mol. The van der Waals surface area contributed by atoms with Crippen LogP contribution in [0.15, 0.2) is 35.4 Å². The molecule has 0 unspecified atom stereocenters. The summed E-state index contributed by atoms with van der Waals surface area (Å²) in [6.45, 7) is 7.44. The Morgan fingerprint density at radius 1 is 1.11 bits per heavy atom. The Hall–Kier alpha value is -2.45. The zero-order valence-electron chi connectivity index (χ0n) is 16.9. The van der Waals surface area contributed by atoms with Gasteiger partial charge in [0, 0.05) is 31.9 Å². The number of aromatic nitrogens is 1. The van der Waals surface area contributed by atoms with Gasteiger partial charge in [0.1, 0.15) is 10.6 Å². The van der Waals surface area contributed by atoms with E-state index in [-0.39, 0.29) is 16.4 Å². The third kappa shape index (κ3) is 4.51. The molecule has 0 fully saturated rings. The number of nitrogens with zero attached hydrogens (tertiary/aromatic N) is 2. The maximum atomic E-state index is 12.6. The number of hydrogen-bond acceptors (Lipinski definition) is 5. The van der Waals surface area contributed by atoms with E-state index >= 15 is 0 Å². The predicted octanol–water partition coefficient (Wildman–Crippen LogP) is 2.71. The van der Waals surface area contributed by atoms with Crippen LogP contribution in [0.2, 0.25) is 0 Å². The first-order chi connectivity index (χ1) is 13.1. The Labute approximate surface area is 166 Å². The van der Waals surface area contributed by atoms with Crippen LogP contribution in [0, 0.1) is 13.8 Å². The Kier molecular flexibility index (Phi) is 6.79. The molecule has 1 aromatic carbocycles. The van der Waals surface area contributed by atoms with Gasteiger partial charge in [-0.15, -0.1) is 0 Å². The number of carbonyl (C=O) groups excluding carboxylic acids is 2. The Morgan fingerprint density at radius 2 is 1.75 bits per heavy atom. The van der Waals surface area contributed by atoms with Crippen LogP contribution in [0.3, 0.4) is 0 Å². The third-order valence-corrected chi connectivity index (χ3v) is 6.58. The lowest BCUT2D eigenvalue weighted by atomic mass is 10.0. The highest BCUT2D eigenvalue weighted by Crippen LogP contribution is 2.19. The molecule has 152 valence electrons. The summed E-state index contributed by atoms with van der Waals surface area (Å²) in [6, 6.07) is 6.77. The highest BCUT2D eigenvalue weighted by atomic mass is 32.2. The summed E-state index contributed by atoms with van der Waals surface area (Å²) in [6.07, 6.45) is 1.37. The molecule has 0 atom stereocenters. The maximum absolute atomic E-state index is 12.6. The van der Waals surface area contributed by atoms with E-state index in [1.165, 1.54) is 21.1 Å². The number of rotatable bonds is 8. The van der Waals surface area contributed by atoms with Gasteiger partial charge in [0.2, 0.25) is 15.8 Å². The molecule has 0 amide bonds. The number of ether oxygens (including phenoxy) is 1. The van der Waals surface area contributed by atoms with Crippen molar-refractivity contribution in [3.8, 4) is 0 Å². The topological polar surface area (TPSA) is 85.7 Å². The van der Waals surface area contributed by atoms with Gasteiger partial charge in [-0.1, -0.05) is 31.5 Å². The molecule has 0 spiro atoms. The van der Waals surface area contributed by atoms with Crippen molar-refractivity contribution in [2.75, 3.05) is 19.7 Å². The van der Waals surface area contributed by atoms with E-state index in [1.54, 1.807) is 27.0 Å². The lowest BCUT2D eigenvalue weighted by molar-refractivity contribution is 0.0465. The highest BCUT2D eigenvalue weighted by molar-refractivity contribution is 7.89. The number of ketones is 1. The molecule has 0 saturated heterocycles. The number of Topliss-reactive ketones (excluding diaryl/α,β-unsaturated/α-hetero) is 1. The average molecular weight is 407 g/mol. The molecule has 2 aromatic rings. The Morgan fingerprint density at radius 3 is 2.36 bits per heavy atom. The Balaban J connectivity index is 2.16. The monoisotopic (exact) mass is 406 g/mol. The fourth-order valence-electron chi connectivity index (χ4n) is 2.91. The quantitative estimate of drug-likeness (QED) is 0.497. The predicted molar refractivity (Wildman–Crippen MR) is 106 cm³/mol. The number of aryl methyl sites for hydroxylation is 3. The van der Waals surface area contributed by atoms with Crippen molar-refractivity contribution in [2.24, 2.45) is 7.05 Å². The molecular formula is C20H26N2O5S. The van der Waals surface area contributed by atoms with Crippen LogP contribution in [0.5, 0.6) is 0 Å². The lowest BCUT2D eigenvalue weighted by Gasteiger charge is -2.17. The molecule has 0 aliphatic carbocycles. The molecule has 1 heterocycles. The minimum absolute atomic E-state index is 0.0199. The van der Waals surface area contributed by atoms with E-state index in [0.29, 0.717) is 18.7 Å². The van der Waals surface area contributed by atoms with Crippen molar-refractivity contribution in [3.63, 3.8) is 0 Å². The third-order valence-electron chi connectivity index (χ3n) is 4.56. The van der Waals surface area contributed by atoms with Crippen molar-refractivity contribution >= 4 is 21.8 Å². The number of hydrogen-bond donors (Lipinski definition) is 0. The SMILES string of the molecule is CCN(CC)S(=O)(=O)c1cc(C(=O)OCC(=O)c2cc(C)ccc2C)n(C)c1. The fourth-order valence-corrected chi connectivity index (χ4v) is 4.44. The molecule has 0 N–H and O–H groups in total. The van der Waals surface area contributed by atoms with Gasteiger partial charge in [-0.2, -0.15) is 4.31 Å². The van der Waals surface area contributed by atoms with E-state index in [4.69, 9.17) is 4.74 Å². The summed E-state index contributed by atoms with van der Waals surface area (Å²) >= 11 is 0. The number of esters is 1. The summed E-state index contributed by atoms with van der Waals surface area (Å²) in [4.78, 5) is 24.8. The number of carbonyl (C=O) groups is 2. The van der Waals surface area contributed by atoms with E-state index in [9.17, 15) is 18.0 Å². The van der Waals surface area contributed by atoms with Crippen molar-refractivity contribution in [2.45, 2.75) is 32.6 Å². The molecule has 0 aliphatic rings. The largest absolute Gasteiger partial charge is 0.453 e. The van der Waals surface area contributed by atoms with Crippen molar-refractivity contribution in [1.29, 1.82) is 0 Å². The van der Waals surface area contributed by atoms with Crippen molar-refractivity contribution < 1.29 is 22.7 Å². The first kappa shape index (κ1) is 21.8. The molecule has 0 saturated carbocycles. The Bertz CT molecular complexity index is 988. The van der Waals surface area contributed by atoms with Gasteiger partial charge in [0.05, 0.1) is 0 Å². The summed E-state index contributed by atoms with van der Waals surface area (Å²) < 4.78 is 33.1. The normalized spacial score (nSPS) is 11.6. The van der Waals surface area contributed by atoms with Gasteiger partial charge in [-0.3, -0.25) is 4.79 Å². The zero-order valence-corrected chi connectivity index (χ0v) is 17.7. The zero-order chi connectivity index (χ0) is 21.1. The second kappa shape index (κ2) is 8.70. The van der Waals surface area contributed by atoms with E-state index < -0.39 is 22.6 Å². The standard InChI is InChI=1S/C20H26N2O5S/c1-6-22(7-2)28(25,26)16-11-18(21(5)12-16)20(24)27-13-19(23)17-10-14(3)8-9-15(17)4/h8-12H,6-7,13H2,1-5H3. The molecule has 8 heteroatoms. The second-order valence-electron chi connectivity index (χ2n) is 6.58. The first-order valence-electron chi connectivity index (χ1n) is 9.05. The van der Waals surface area contributed by atoms with Gasteiger partial charge >= 0.3 is 5.97 Å². The second-order valence-corrected chi connectivity index (χ2v) is 8.52. The number of sulfonamides is 1. The molecule has 7 nitrogen and oxygen atoms in total. The van der Waals surface area contributed by atoms with Crippen LogP contribution in [0.25, 0.3) is 0 Å². The average Bonchev–Trinajstić information content (AvgIpc) is 3.05. The fraction of sp³-hybridized carbons (Fsp3) is 0.400. The van der Waals surface area contributed by atoms with Gasteiger partial charge in [0.15, 0.2) is 6.61 Å². The molecule has 28 heavy (non-hydrogen) atoms. The van der Waals surface area contributed by atoms with Crippen LogP contribution in [-0.2, 0) is 21.8 Å². The van der Waals surface area contributed by atoms with E-state index in [1.807, 2.05) is 26.0 Å². The van der Waals surface area contributed by atoms with E-state index in [2.05, 4.69) is 0 Å². The van der Waals surface area contributed by atoms with Crippen LogP contribution in [-0.4, -0.2) is 48.7 Å². The van der Waals surface area contributed by atoms with Gasteiger partial charge < -0.3 is 9.30 Å². The molecule has 0 radical (unpaired) electrons. The van der Waals surface area contributed by atoms with Crippen molar-refractivity contribution in [3.05, 3.63) is 52.8 Å². The van der Waals surface area contributed by atoms with Crippen LogP contribution < -0.4 is 0 Å². The van der Waals surface area contributed by atoms with Crippen LogP contribution >= 0.6 is 0 Å². The summed E-state index contributed by atoms with van der Waals surface area (Å²) in [5.41, 5.74) is 2.32. The smallest absolute Gasteiger partial charge is 0.355 e. The molecule has 1 aromatic heterocycles. The van der Waals surface area contributed by atoms with Gasteiger partial charge in [0.25, 0.3) is 0 Å². The molecule has 2 rings (SSSR count). The first-order valence-corrected chi connectivity index (χ1v) is 10.5. The molecule has 0 aliphatic heterocycles. The summed E-state index contributed by atoms with van der Waals surface area (Å²) in [7, 11) is -2.12. The van der Waals surface area contributed by atoms with E-state index in [0.717, 1.165) is 11.1 Å². The minimum atomic E-state index is -3.68. The number of benzene rings is 1. The maximum Gasteiger partial charge on any atom is 0.355 e.